The van der Waals surface area contributed by atoms with Gasteiger partial charge in [-0.15, -0.1) is 0 Å². The van der Waals surface area contributed by atoms with Crippen molar-refractivity contribution in [3.63, 3.8) is 0 Å². The van der Waals surface area contributed by atoms with Crippen molar-refractivity contribution in [2.45, 2.75) is 39.8 Å². The Labute approximate surface area is 222 Å². The van der Waals surface area contributed by atoms with Crippen LogP contribution in [-0.2, 0) is 11.3 Å². The fraction of sp³-hybridized carbons (Fsp3) is 0.355. The number of ether oxygens (including phenoxy) is 1. The summed E-state index contributed by atoms with van der Waals surface area (Å²) in [6, 6.07) is 20.4. The first-order valence-corrected chi connectivity index (χ1v) is 13.1. The second-order valence-corrected chi connectivity index (χ2v) is 11.5. The third kappa shape index (κ3) is 4.51. The minimum absolute atomic E-state index is 0.215. The van der Waals surface area contributed by atoms with Crippen LogP contribution in [0.1, 0.15) is 31.9 Å². The molecule has 38 heavy (non-hydrogen) atoms. The molecule has 192 valence electrons. The highest BCUT2D eigenvalue weighted by molar-refractivity contribution is 5.90. The van der Waals surface area contributed by atoms with Crippen molar-refractivity contribution in [1.82, 2.24) is 19.7 Å². The summed E-state index contributed by atoms with van der Waals surface area (Å²) in [5.74, 6) is 1.46. The van der Waals surface area contributed by atoms with E-state index in [9.17, 15) is 10.1 Å². The number of piperidine rings is 1. The largest absolute Gasteiger partial charge is 0.444 e. The monoisotopic (exact) mass is 505 g/mol. The number of nitriles is 1. The van der Waals surface area contributed by atoms with Crippen LogP contribution in [0.4, 0.5) is 4.79 Å². The summed E-state index contributed by atoms with van der Waals surface area (Å²) in [6.07, 6.45) is 1.63. The lowest BCUT2D eigenvalue weighted by Crippen LogP contribution is -2.37. The molecule has 3 atom stereocenters. The van der Waals surface area contributed by atoms with Crippen molar-refractivity contribution in [2.75, 3.05) is 13.1 Å². The van der Waals surface area contributed by atoms with E-state index in [-0.39, 0.29) is 6.09 Å². The van der Waals surface area contributed by atoms with Crippen LogP contribution in [0.2, 0.25) is 0 Å². The Bertz CT molecular complexity index is 1550. The predicted molar refractivity (Wildman–Crippen MR) is 146 cm³/mol. The molecule has 0 spiro atoms. The predicted octanol–water partition coefficient (Wildman–Crippen LogP) is 6.06. The number of fused-ring (bicyclic) bond motifs is 2. The number of rotatable bonds is 4. The third-order valence-electron chi connectivity index (χ3n) is 7.69. The van der Waals surface area contributed by atoms with E-state index in [1.54, 1.807) is 0 Å². The molecule has 1 saturated carbocycles. The van der Waals surface area contributed by atoms with Crippen LogP contribution in [0.15, 0.2) is 60.8 Å². The number of nitrogens with zero attached hydrogens (tertiary/aromatic N) is 5. The quantitative estimate of drug-likeness (QED) is 0.337. The normalized spacial score (nSPS) is 20.3. The van der Waals surface area contributed by atoms with Gasteiger partial charge in [0.1, 0.15) is 11.1 Å². The Morgan fingerprint density at radius 3 is 2.34 bits per heavy atom. The summed E-state index contributed by atoms with van der Waals surface area (Å²) in [4.78, 5) is 19.4. The minimum Gasteiger partial charge on any atom is -0.444 e. The van der Waals surface area contributed by atoms with E-state index in [2.05, 4.69) is 48.0 Å². The Hall–Kier alpha value is -4.18. The lowest BCUT2D eigenvalue weighted by molar-refractivity contribution is 0.0264. The number of aromatic nitrogens is 3. The number of hydrogen-bond donors (Lipinski definition) is 0. The Morgan fingerprint density at radius 2 is 1.71 bits per heavy atom. The number of pyridine rings is 1. The molecule has 0 bridgehead atoms. The van der Waals surface area contributed by atoms with Crippen LogP contribution >= 0.6 is 0 Å². The van der Waals surface area contributed by atoms with E-state index in [0.29, 0.717) is 23.3 Å². The van der Waals surface area contributed by atoms with Gasteiger partial charge in [0.05, 0.1) is 29.0 Å². The van der Waals surface area contributed by atoms with Gasteiger partial charge in [-0.05, 0) is 69.2 Å². The fourth-order valence-electron chi connectivity index (χ4n) is 5.62. The number of amides is 1. The van der Waals surface area contributed by atoms with Crippen molar-refractivity contribution >= 4 is 17.1 Å². The number of hydrogen-bond acceptors (Lipinski definition) is 5. The average Bonchev–Trinajstić information content (AvgIpc) is 3.20. The van der Waals surface area contributed by atoms with Crippen LogP contribution in [0.25, 0.3) is 33.4 Å². The standard InChI is InChI=1S/C31H31N5O2/c1-19-5-9-22(10-6-19)29-23(21-11-7-20(14-32)8-12-21)13-28-27(34-29)15-33-36(28)18-26-24-16-35(17-25(24)26)30(37)38-31(2,3)4/h5-13,15,24-26H,16-18H2,1-4H3/t24-,25+,26+. The molecule has 4 aromatic rings. The molecule has 1 aliphatic carbocycles. The molecule has 2 fully saturated rings. The molecule has 0 N–H and O–H groups in total. The maximum Gasteiger partial charge on any atom is 0.410 e. The van der Waals surface area contributed by atoms with Crippen LogP contribution in [0.5, 0.6) is 0 Å². The molecule has 0 radical (unpaired) electrons. The summed E-state index contributed by atoms with van der Waals surface area (Å²) in [5, 5.41) is 14.0. The van der Waals surface area contributed by atoms with Crippen molar-refractivity contribution in [2.24, 2.45) is 17.8 Å². The Morgan fingerprint density at radius 1 is 1.05 bits per heavy atom. The van der Waals surface area contributed by atoms with Crippen LogP contribution < -0.4 is 0 Å². The van der Waals surface area contributed by atoms with Gasteiger partial charge in [-0.25, -0.2) is 9.78 Å². The van der Waals surface area contributed by atoms with E-state index >= 15 is 0 Å². The lowest BCUT2D eigenvalue weighted by atomic mass is 9.97. The zero-order chi connectivity index (χ0) is 26.6. The second kappa shape index (κ2) is 8.98. The number of carbonyl (C=O) groups is 1. The summed E-state index contributed by atoms with van der Waals surface area (Å²) in [5.41, 5.74) is 7.18. The van der Waals surface area contributed by atoms with Crippen LogP contribution in [-0.4, -0.2) is 44.4 Å². The SMILES string of the molecule is Cc1ccc(-c2nc3cnn(C[C@H]4[C@@H]5CN(C(=O)OC(C)(C)C)C[C@@H]54)c3cc2-c2ccc(C#N)cc2)cc1. The van der Waals surface area contributed by atoms with Gasteiger partial charge in [0, 0.05) is 30.8 Å². The lowest BCUT2D eigenvalue weighted by Gasteiger charge is -2.26. The van der Waals surface area contributed by atoms with Crippen LogP contribution in [0.3, 0.4) is 0 Å². The molecular weight excluding hydrogens is 474 g/mol. The minimum atomic E-state index is -0.478. The molecule has 6 rings (SSSR count). The van der Waals surface area contributed by atoms with E-state index in [0.717, 1.165) is 53.1 Å². The average molecular weight is 506 g/mol. The molecule has 3 heterocycles. The van der Waals surface area contributed by atoms with Gasteiger partial charge < -0.3 is 9.64 Å². The number of likely N-dealkylation sites (tertiary alicyclic amines) is 1. The first kappa shape index (κ1) is 24.2. The van der Waals surface area contributed by atoms with Crippen LogP contribution in [0, 0.1) is 36.0 Å². The Kier molecular flexibility index (Phi) is 5.71. The summed E-state index contributed by atoms with van der Waals surface area (Å²) in [7, 11) is 0. The van der Waals surface area contributed by atoms with Crippen molar-refractivity contribution in [3.8, 4) is 28.5 Å². The van der Waals surface area contributed by atoms with Crippen molar-refractivity contribution in [1.29, 1.82) is 5.26 Å². The maximum atomic E-state index is 12.5. The van der Waals surface area contributed by atoms with Gasteiger partial charge in [-0.2, -0.15) is 10.4 Å². The van der Waals surface area contributed by atoms with Gasteiger partial charge in [0.15, 0.2) is 0 Å². The highest BCUT2D eigenvalue weighted by Crippen LogP contribution is 2.53. The topological polar surface area (TPSA) is 84.0 Å². The fourth-order valence-corrected chi connectivity index (χ4v) is 5.62. The van der Waals surface area contributed by atoms with E-state index in [4.69, 9.17) is 14.8 Å². The first-order chi connectivity index (χ1) is 18.2. The molecule has 2 aromatic heterocycles. The smallest absolute Gasteiger partial charge is 0.410 e. The summed E-state index contributed by atoms with van der Waals surface area (Å²) in [6.45, 7) is 10.1. The molecule has 0 unspecified atom stereocenters. The van der Waals surface area contributed by atoms with E-state index in [1.807, 2.05) is 56.1 Å². The van der Waals surface area contributed by atoms with E-state index in [1.165, 1.54) is 5.56 Å². The number of aryl methyl sites for hydroxylation is 1. The zero-order valence-corrected chi connectivity index (χ0v) is 22.2. The molecule has 1 amide bonds. The highest BCUT2D eigenvalue weighted by Gasteiger charge is 2.57. The molecule has 7 nitrogen and oxygen atoms in total. The van der Waals surface area contributed by atoms with Gasteiger partial charge in [-0.1, -0.05) is 42.0 Å². The van der Waals surface area contributed by atoms with Crippen molar-refractivity contribution in [3.05, 3.63) is 71.9 Å². The molecule has 2 aliphatic rings. The molecule has 2 aromatic carbocycles. The Balaban J connectivity index is 1.28. The molecular formula is C31H31N5O2. The number of benzene rings is 2. The first-order valence-electron chi connectivity index (χ1n) is 13.1. The van der Waals surface area contributed by atoms with Gasteiger partial charge in [0.25, 0.3) is 0 Å². The maximum absolute atomic E-state index is 12.5. The summed E-state index contributed by atoms with van der Waals surface area (Å²) < 4.78 is 7.62. The van der Waals surface area contributed by atoms with E-state index < -0.39 is 5.60 Å². The van der Waals surface area contributed by atoms with Gasteiger partial charge >= 0.3 is 6.09 Å². The second-order valence-electron chi connectivity index (χ2n) is 11.5. The highest BCUT2D eigenvalue weighted by atomic mass is 16.6. The number of carbonyl (C=O) groups excluding carboxylic acids is 1. The van der Waals surface area contributed by atoms with Gasteiger partial charge in [-0.3, -0.25) is 4.68 Å². The molecule has 1 saturated heterocycles. The third-order valence-corrected chi connectivity index (χ3v) is 7.69. The molecule has 7 heteroatoms. The molecule has 1 aliphatic heterocycles. The van der Waals surface area contributed by atoms with Crippen molar-refractivity contribution < 1.29 is 9.53 Å². The zero-order valence-electron chi connectivity index (χ0n) is 22.2. The summed E-state index contributed by atoms with van der Waals surface area (Å²) >= 11 is 0. The van der Waals surface area contributed by atoms with Gasteiger partial charge in [0.2, 0.25) is 0 Å².